The van der Waals surface area contributed by atoms with Gasteiger partial charge in [-0.2, -0.15) is 0 Å². The van der Waals surface area contributed by atoms with Crippen molar-refractivity contribution in [3.8, 4) is 0 Å². The lowest BCUT2D eigenvalue weighted by Gasteiger charge is -2.16. The van der Waals surface area contributed by atoms with E-state index in [1.54, 1.807) is 0 Å². The van der Waals surface area contributed by atoms with Crippen LogP contribution in [0.4, 0.5) is 0 Å². The molecule has 3 nitrogen and oxygen atoms in total. The van der Waals surface area contributed by atoms with Crippen LogP contribution in [-0.2, 0) is 6.54 Å². The normalized spacial score (nSPS) is 10.8. The highest BCUT2D eigenvalue weighted by molar-refractivity contribution is 6.88. The van der Waals surface area contributed by atoms with E-state index in [1.165, 1.54) is 5.19 Å². The number of benzene rings is 1. The first-order valence-corrected chi connectivity index (χ1v) is 8.14. The third-order valence-electron chi connectivity index (χ3n) is 2.14. The molecule has 4 heteroatoms. The number of hydrogen-bond acceptors (Lipinski definition) is 1. The number of azide groups is 1. The average molecular weight is 205 g/mol. The van der Waals surface area contributed by atoms with Gasteiger partial charge in [-0.25, -0.2) is 0 Å². The lowest BCUT2D eigenvalue weighted by atomic mass is 10.2. The lowest BCUT2D eigenvalue weighted by Crippen LogP contribution is -2.37. The van der Waals surface area contributed by atoms with Crippen molar-refractivity contribution >= 4 is 13.3 Å². The molecule has 0 atom stereocenters. The summed E-state index contributed by atoms with van der Waals surface area (Å²) in [5.74, 6) is 0. The molecule has 1 aromatic rings. The van der Waals surface area contributed by atoms with Gasteiger partial charge in [-0.3, -0.25) is 0 Å². The molecule has 0 unspecified atom stereocenters. The Morgan fingerprint density at radius 2 is 1.79 bits per heavy atom. The summed E-state index contributed by atoms with van der Waals surface area (Å²) in [6.07, 6.45) is 0. The Labute approximate surface area is 85.4 Å². The number of hydrogen-bond donors (Lipinski definition) is 0. The van der Waals surface area contributed by atoms with E-state index in [9.17, 15) is 0 Å². The molecule has 0 aliphatic rings. The fraction of sp³-hybridized carbons (Fsp3) is 0.400. The Bertz CT molecular complexity index is 345. The minimum atomic E-state index is -1.19. The molecule has 0 saturated carbocycles. The first-order valence-electron chi connectivity index (χ1n) is 4.64. The first kappa shape index (κ1) is 10.8. The van der Waals surface area contributed by atoms with Crippen molar-refractivity contribution in [3.63, 3.8) is 0 Å². The van der Waals surface area contributed by atoms with Crippen molar-refractivity contribution in [2.24, 2.45) is 5.11 Å². The minimum absolute atomic E-state index is 0.447. The Kier molecular flexibility index (Phi) is 3.33. The summed E-state index contributed by atoms with van der Waals surface area (Å²) in [4.78, 5) is 2.74. The van der Waals surface area contributed by atoms with Crippen molar-refractivity contribution in [2.45, 2.75) is 26.2 Å². The molecule has 14 heavy (non-hydrogen) atoms. The van der Waals surface area contributed by atoms with Crippen LogP contribution >= 0.6 is 0 Å². The molecule has 0 saturated heterocycles. The predicted molar refractivity (Wildman–Crippen MR) is 62.3 cm³/mol. The molecular weight excluding hydrogens is 190 g/mol. The minimum Gasteiger partial charge on any atom is -0.0893 e. The number of rotatable bonds is 3. The van der Waals surface area contributed by atoms with Crippen LogP contribution in [0.1, 0.15) is 5.56 Å². The summed E-state index contributed by atoms with van der Waals surface area (Å²) in [6.45, 7) is 7.39. The molecule has 1 aromatic carbocycles. The molecule has 1 rings (SSSR count). The van der Waals surface area contributed by atoms with Crippen LogP contribution in [0.2, 0.25) is 19.6 Å². The highest BCUT2D eigenvalue weighted by Gasteiger charge is 2.15. The molecule has 0 aliphatic carbocycles. The Balaban J connectivity index is 2.83. The molecular formula is C10H15N3Si. The summed E-state index contributed by atoms with van der Waals surface area (Å²) in [5.41, 5.74) is 9.25. The van der Waals surface area contributed by atoms with Crippen LogP contribution in [0, 0.1) is 0 Å². The van der Waals surface area contributed by atoms with Crippen LogP contribution < -0.4 is 5.19 Å². The van der Waals surface area contributed by atoms with Gasteiger partial charge < -0.3 is 0 Å². The van der Waals surface area contributed by atoms with E-state index in [4.69, 9.17) is 5.53 Å². The van der Waals surface area contributed by atoms with E-state index >= 15 is 0 Å². The second-order valence-electron chi connectivity index (χ2n) is 4.34. The zero-order valence-corrected chi connectivity index (χ0v) is 9.86. The molecule has 0 fully saturated rings. The van der Waals surface area contributed by atoms with Crippen molar-refractivity contribution in [2.75, 3.05) is 0 Å². The van der Waals surface area contributed by atoms with Gasteiger partial charge in [0.25, 0.3) is 0 Å². The zero-order valence-electron chi connectivity index (χ0n) is 8.86. The molecule has 0 amide bonds. The Hall–Kier alpha value is -1.25. The third-order valence-corrected chi connectivity index (χ3v) is 4.20. The lowest BCUT2D eigenvalue weighted by molar-refractivity contribution is 1.05. The first-order chi connectivity index (χ1) is 6.54. The van der Waals surface area contributed by atoms with Crippen molar-refractivity contribution < 1.29 is 0 Å². The standard InChI is InChI=1S/C10H15N3Si/c1-14(2,3)10-6-4-9(5-7-10)8-12-13-11/h4-7H,8H2,1-3H3. The quantitative estimate of drug-likeness (QED) is 0.315. The van der Waals surface area contributed by atoms with E-state index in [2.05, 4.69) is 41.8 Å². The maximum Gasteiger partial charge on any atom is 0.0775 e. The van der Waals surface area contributed by atoms with Crippen LogP contribution in [-0.4, -0.2) is 8.07 Å². The van der Waals surface area contributed by atoms with Gasteiger partial charge in [-0.1, -0.05) is 54.2 Å². The molecule has 74 valence electrons. The second kappa shape index (κ2) is 4.31. The SMILES string of the molecule is C[Si](C)(C)c1ccc(CN=[N+]=[N-])cc1. The van der Waals surface area contributed by atoms with Crippen LogP contribution in [0.5, 0.6) is 0 Å². The summed E-state index contributed by atoms with van der Waals surface area (Å²) in [5, 5.41) is 4.96. The van der Waals surface area contributed by atoms with E-state index < -0.39 is 8.07 Å². The fourth-order valence-electron chi connectivity index (χ4n) is 1.22. The summed E-state index contributed by atoms with van der Waals surface area (Å²) in [6, 6.07) is 8.38. The highest BCUT2D eigenvalue weighted by atomic mass is 28.3. The smallest absolute Gasteiger partial charge is 0.0775 e. The Morgan fingerprint density at radius 3 is 2.21 bits per heavy atom. The molecule has 0 bridgehead atoms. The van der Waals surface area contributed by atoms with Crippen LogP contribution in [0.15, 0.2) is 29.4 Å². The molecule has 0 aromatic heterocycles. The van der Waals surface area contributed by atoms with Crippen LogP contribution in [0.3, 0.4) is 0 Å². The summed E-state index contributed by atoms with van der Waals surface area (Å²) >= 11 is 0. The number of nitrogens with zero attached hydrogens (tertiary/aromatic N) is 3. The van der Waals surface area contributed by atoms with E-state index in [0.29, 0.717) is 6.54 Å². The van der Waals surface area contributed by atoms with Gasteiger partial charge in [0.15, 0.2) is 0 Å². The van der Waals surface area contributed by atoms with Crippen molar-refractivity contribution in [1.29, 1.82) is 0 Å². The Morgan fingerprint density at radius 1 is 1.21 bits per heavy atom. The molecule has 0 radical (unpaired) electrons. The zero-order chi connectivity index (χ0) is 10.6. The van der Waals surface area contributed by atoms with Gasteiger partial charge in [0.2, 0.25) is 0 Å². The topological polar surface area (TPSA) is 48.8 Å². The van der Waals surface area contributed by atoms with Crippen molar-refractivity contribution in [1.82, 2.24) is 0 Å². The van der Waals surface area contributed by atoms with Gasteiger partial charge in [0, 0.05) is 4.91 Å². The van der Waals surface area contributed by atoms with Gasteiger partial charge in [-0.05, 0) is 11.1 Å². The largest absolute Gasteiger partial charge is 0.0893 e. The summed E-state index contributed by atoms with van der Waals surface area (Å²) in [7, 11) is -1.19. The van der Waals surface area contributed by atoms with E-state index in [-0.39, 0.29) is 0 Å². The van der Waals surface area contributed by atoms with E-state index in [1.807, 2.05) is 12.1 Å². The average Bonchev–Trinajstić information content (AvgIpc) is 2.14. The van der Waals surface area contributed by atoms with E-state index in [0.717, 1.165) is 5.56 Å². The predicted octanol–water partition coefficient (Wildman–Crippen LogP) is 3.04. The summed E-state index contributed by atoms with van der Waals surface area (Å²) < 4.78 is 0. The van der Waals surface area contributed by atoms with Crippen molar-refractivity contribution in [3.05, 3.63) is 40.3 Å². The fourth-order valence-corrected chi connectivity index (χ4v) is 2.39. The molecule has 0 heterocycles. The molecule has 0 N–H and O–H groups in total. The molecule has 0 aliphatic heterocycles. The third kappa shape index (κ3) is 2.91. The van der Waals surface area contributed by atoms with Gasteiger partial charge >= 0.3 is 0 Å². The van der Waals surface area contributed by atoms with Crippen LogP contribution in [0.25, 0.3) is 10.4 Å². The second-order valence-corrected chi connectivity index (χ2v) is 9.41. The molecule has 0 spiro atoms. The maximum atomic E-state index is 8.18. The van der Waals surface area contributed by atoms with Gasteiger partial charge in [-0.15, -0.1) is 0 Å². The maximum absolute atomic E-state index is 8.18. The van der Waals surface area contributed by atoms with Gasteiger partial charge in [0.1, 0.15) is 0 Å². The monoisotopic (exact) mass is 205 g/mol. The van der Waals surface area contributed by atoms with Gasteiger partial charge in [0.05, 0.1) is 14.6 Å². The highest BCUT2D eigenvalue weighted by Crippen LogP contribution is 2.05.